The molecule has 0 bridgehead atoms. The summed E-state index contributed by atoms with van der Waals surface area (Å²) < 4.78 is 0. The van der Waals surface area contributed by atoms with Crippen molar-refractivity contribution in [2.24, 2.45) is 10.2 Å². The van der Waals surface area contributed by atoms with Crippen LogP contribution in [-0.2, 0) is 14.5 Å². The number of carbonyl (C=O) groups is 2. The first-order chi connectivity index (χ1) is 11.7. The van der Waals surface area contributed by atoms with Crippen molar-refractivity contribution in [2.75, 3.05) is 5.32 Å². The van der Waals surface area contributed by atoms with Crippen molar-refractivity contribution >= 4 is 47.1 Å². The summed E-state index contributed by atoms with van der Waals surface area (Å²) in [6, 6.07) is 9.42. The molecule has 24 heavy (non-hydrogen) atoms. The number of nitrogens with one attached hydrogen (secondary N) is 2. The van der Waals surface area contributed by atoms with Gasteiger partial charge in [-0.2, -0.15) is 5.10 Å². The number of thioether (sulfide) groups is 1. The minimum atomic E-state index is -0.938. The Morgan fingerprint density at radius 3 is 2.83 bits per heavy atom. The third kappa shape index (κ3) is 2.56. The van der Waals surface area contributed by atoms with Gasteiger partial charge in [0.05, 0.1) is 0 Å². The van der Waals surface area contributed by atoms with E-state index in [1.165, 1.54) is 11.8 Å². The van der Waals surface area contributed by atoms with Crippen LogP contribution in [0.2, 0.25) is 0 Å². The standard InChI is InChI=1S/C14H11N5OS2.CH2O/c15-22-9-3-4-11-10(6-9)14(13(20)17-11)19-18-12(21-14)8-2-1-5-16-7-8;1-2/h1-7,19H,15H2,(H,17,20);1H2. The molecule has 122 valence electrons. The maximum absolute atomic E-state index is 12.5. The number of hydrogen-bond acceptors (Lipinski definition) is 8. The number of rotatable bonds is 2. The third-order valence-corrected chi connectivity index (χ3v) is 5.40. The lowest BCUT2D eigenvalue weighted by Gasteiger charge is -2.20. The molecule has 1 atom stereocenters. The molecule has 7 nitrogen and oxygen atoms in total. The van der Waals surface area contributed by atoms with Gasteiger partial charge < -0.3 is 10.1 Å². The maximum Gasteiger partial charge on any atom is 0.267 e. The molecule has 1 unspecified atom stereocenters. The fourth-order valence-corrected chi connectivity index (χ4v) is 3.94. The first-order valence-electron chi connectivity index (χ1n) is 6.79. The molecule has 1 amide bonds. The van der Waals surface area contributed by atoms with Crippen LogP contribution in [-0.4, -0.2) is 22.7 Å². The van der Waals surface area contributed by atoms with Crippen LogP contribution in [0.25, 0.3) is 0 Å². The van der Waals surface area contributed by atoms with Crippen molar-refractivity contribution in [2.45, 2.75) is 9.77 Å². The molecule has 0 saturated heterocycles. The minimum Gasteiger partial charge on any atom is -0.323 e. The predicted molar refractivity (Wildman–Crippen MR) is 95.4 cm³/mol. The molecule has 4 rings (SSSR count). The molecule has 9 heteroatoms. The number of hydrazone groups is 1. The molecule has 0 radical (unpaired) electrons. The summed E-state index contributed by atoms with van der Waals surface area (Å²) >= 11 is 2.53. The largest absolute Gasteiger partial charge is 0.323 e. The van der Waals surface area contributed by atoms with Crippen LogP contribution < -0.4 is 15.9 Å². The summed E-state index contributed by atoms with van der Waals surface area (Å²) in [6.45, 7) is 2.00. The summed E-state index contributed by atoms with van der Waals surface area (Å²) in [4.78, 5) is 24.6. The van der Waals surface area contributed by atoms with Crippen molar-refractivity contribution in [3.8, 4) is 0 Å². The Labute approximate surface area is 146 Å². The number of fused-ring (bicyclic) bond motifs is 2. The summed E-state index contributed by atoms with van der Waals surface area (Å²) in [5.41, 5.74) is 5.51. The Morgan fingerprint density at radius 2 is 2.12 bits per heavy atom. The lowest BCUT2D eigenvalue weighted by Crippen LogP contribution is -2.39. The molecule has 0 saturated carbocycles. The van der Waals surface area contributed by atoms with Crippen molar-refractivity contribution < 1.29 is 9.59 Å². The van der Waals surface area contributed by atoms with E-state index in [9.17, 15) is 4.79 Å². The van der Waals surface area contributed by atoms with Gasteiger partial charge in [0.15, 0.2) is 0 Å². The Kier molecular flexibility index (Phi) is 4.56. The Balaban J connectivity index is 0.000000815. The fourth-order valence-electron chi connectivity index (χ4n) is 2.47. The normalized spacial score (nSPS) is 20.5. The van der Waals surface area contributed by atoms with Crippen LogP contribution in [0.1, 0.15) is 11.1 Å². The van der Waals surface area contributed by atoms with Gasteiger partial charge in [-0.05, 0) is 42.3 Å². The quantitative estimate of drug-likeness (QED) is 0.700. The zero-order chi connectivity index (χ0) is 17.2. The van der Waals surface area contributed by atoms with Crippen LogP contribution in [0, 0.1) is 0 Å². The SMILES string of the molecule is C=O.NSc1ccc2c(c1)C1(NN=C(c3cccnc3)S1)C(=O)N2. The van der Waals surface area contributed by atoms with Crippen LogP contribution in [0.15, 0.2) is 52.7 Å². The molecule has 0 fully saturated rings. The zero-order valence-corrected chi connectivity index (χ0v) is 14.0. The van der Waals surface area contributed by atoms with Gasteiger partial charge in [0.2, 0.25) is 4.87 Å². The highest BCUT2D eigenvalue weighted by molar-refractivity contribution is 8.16. The average Bonchev–Trinajstić information content (AvgIpc) is 3.21. The number of carbonyl (C=O) groups excluding carboxylic acids is 2. The Morgan fingerprint density at radius 1 is 1.29 bits per heavy atom. The lowest BCUT2D eigenvalue weighted by atomic mass is 10.1. The molecule has 2 aromatic rings. The third-order valence-electron chi connectivity index (χ3n) is 3.55. The number of nitrogens with two attached hydrogens (primary N) is 1. The van der Waals surface area contributed by atoms with Gasteiger partial charge in [-0.25, -0.2) is 0 Å². The Hall–Kier alpha value is -2.36. The molecule has 2 aliphatic rings. The summed E-state index contributed by atoms with van der Waals surface area (Å²) in [6.07, 6.45) is 3.43. The highest BCUT2D eigenvalue weighted by Gasteiger charge is 2.52. The molecular weight excluding hydrogens is 346 g/mol. The first-order valence-corrected chi connectivity index (χ1v) is 8.48. The van der Waals surface area contributed by atoms with E-state index in [0.29, 0.717) is 0 Å². The second-order valence-electron chi connectivity index (χ2n) is 4.83. The van der Waals surface area contributed by atoms with Crippen molar-refractivity contribution in [1.29, 1.82) is 0 Å². The monoisotopic (exact) mass is 359 g/mol. The lowest BCUT2D eigenvalue weighted by molar-refractivity contribution is -0.118. The van der Waals surface area contributed by atoms with Crippen molar-refractivity contribution in [1.82, 2.24) is 10.4 Å². The molecule has 1 spiro atoms. The number of benzene rings is 1. The van der Waals surface area contributed by atoms with Gasteiger partial charge in [0.1, 0.15) is 11.8 Å². The van der Waals surface area contributed by atoms with E-state index in [1.807, 2.05) is 37.1 Å². The predicted octanol–water partition coefficient (Wildman–Crippen LogP) is 1.67. The van der Waals surface area contributed by atoms with E-state index in [-0.39, 0.29) is 5.91 Å². The number of hydrogen-bond donors (Lipinski definition) is 3. The number of anilines is 1. The van der Waals surface area contributed by atoms with Gasteiger partial charge in [-0.3, -0.25) is 20.3 Å². The smallest absolute Gasteiger partial charge is 0.267 e. The fraction of sp³-hybridized carbons (Fsp3) is 0.0667. The van der Waals surface area contributed by atoms with E-state index in [2.05, 4.69) is 20.8 Å². The summed E-state index contributed by atoms with van der Waals surface area (Å²) in [5.74, 6) is -0.130. The average molecular weight is 359 g/mol. The van der Waals surface area contributed by atoms with Gasteiger partial charge >= 0.3 is 0 Å². The maximum atomic E-state index is 12.5. The summed E-state index contributed by atoms with van der Waals surface area (Å²) in [5, 5.41) is 13.6. The van der Waals surface area contributed by atoms with E-state index in [4.69, 9.17) is 9.93 Å². The highest BCUT2D eigenvalue weighted by Crippen LogP contribution is 2.48. The number of aromatic nitrogens is 1. The van der Waals surface area contributed by atoms with Gasteiger partial charge in [0.25, 0.3) is 5.91 Å². The van der Waals surface area contributed by atoms with E-state index < -0.39 is 4.87 Å². The van der Waals surface area contributed by atoms with Crippen molar-refractivity contribution in [3.63, 3.8) is 0 Å². The van der Waals surface area contributed by atoms with Gasteiger partial charge in [-0.15, -0.1) is 0 Å². The van der Waals surface area contributed by atoms with Crippen LogP contribution >= 0.6 is 23.7 Å². The first kappa shape index (κ1) is 16.5. The van der Waals surface area contributed by atoms with E-state index in [1.54, 1.807) is 12.4 Å². The molecule has 3 heterocycles. The number of amides is 1. The second kappa shape index (κ2) is 6.63. The van der Waals surface area contributed by atoms with Crippen LogP contribution in [0.5, 0.6) is 0 Å². The Bertz CT molecular complexity index is 815. The molecule has 0 aliphatic carbocycles. The highest BCUT2D eigenvalue weighted by atomic mass is 32.2. The number of nitrogens with zero attached hydrogens (tertiary/aromatic N) is 2. The number of pyridine rings is 1. The second-order valence-corrected chi connectivity index (χ2v) is 6.74. The summed E-state index contributed by atoms with van der Waals surface area (Å²) in [7, 11) is 0. The molecule has 4 N–H and O–H groups in total. The zero-order valence-electron chi connectivity index (χ0n) is 12.4. The van der Waals surface area contributed by atoms with Gasteiger partial charge in [0, 0.05) is 34.1 Å². The molecule has 2 aliphatic heterocycles. The van der Waals surface area contributed by atoms with E-state index in [0.717, 1.165) is 38.7 Å². The molecule has 1 aromatic heterocycles. The minimum absolute atomic E-state index is 0.130. The van der Waals surface area contributed by atoms with Crippen LogP contribution in [0.3, 0.4) is 0 Å². The van der Waals surface area contributed by atoms with E-state index >= 15 is 0 Å². The topological polar surface area (TPSA) is 109 Å². The van der Waals surface area contributed by atoms with Crippen LogP contribution in [0.4, 0.5) is 5.69 Å². The van der Waals surface area contributed by atoms with Gasteiger partial charge in [-0.1, -0.05) is 11.8 Å². The molecular formula is C15H13N5O2S2. The van der Waals surface area contributed by atoms with Crippen molar-refractivity contribution in [3.05, 3.63) is 53.9 Å². The molecule has 1 aromatic carbocycles.